The Labute approximate surface area is 66.4 Å². The maximum atomic E-state index is 5.62. The van der Waals surface area contributed by atoms with Gasteiger partial charge in [-0.05, 0) is 30.9 Å². The molecule has 0 spiro atoms. The minimum atomic E-state index is 0.480. The maximum Gasteiger partial charge on any atom is 0.111 e. The summed E-state index contributed by atoms with van der Waals surface area (Å²) < 4.78 is 5.38. The Morgan fingerprint density at radius 1 is 1.64 bits per heavy atom. The van der Waals surface area contributed by atoms with E-state index in [9.17, 15) is 0 Å². The monoisotopic (exact) mass is 151 g/mol. The van der Waals surface area contributed by atoms with E-state index < -0.39 is 0 Å². The fourth-order valence-corrected chi connectivity index (χ4v) is 1.81. The van der Waals surface area contributed by atoms with Gasteiger partial charge in [0.25, 0.3) is 0 Å². The first kappa shape index (κ1) is 6.92. The average molecular weight is 151 g/mol. The van der Waals surface area contributed by atoms with Crippen LogP contribution in [0.3, 0.4) is 0 Å². The summed E-state index contributed by atoms with van der Waals surface area (Å²) in [6, 6.07) is 2.07. The molecule has 2 N–H and O–H groups in total. The molecule has 1 aromatic heterocycles. The molecule has 2 heteroatoms. The molecule has 0 aromatic carbocycles. The second-order valence-corrected chi connectivity index (χ2v) is 3.13. The molecule has 0 amide bonds. The lowest BCUT2D eigenvalue weighted by Crippen LogP contribution is -2.16. The van der Waals surface area contributed by atoms with Crippen LogP contribution in [0.5, 0.6) is 0 Å². The van der Waals surface area contributed by atoms with Gasteiger partial charge >= 0.3 is 0 Å². The van der Waals surface area contributed by atoms with Gasteiger partial charge in [0, 0.05) is 12.5 Å². The number of hydrogen-bond donors (Lipinski definition) is 1. The highest BCUT2D eigenvalue weighted by Crippen LogP contribution is 2.31. The third-order valence-electron chi connectivity index (χ3n) is 2.43. The third-order valence-corrected chi connectivity index (χ3v) is 2.43. The molecule has 1 aliphatic carbocycles. The summed E-state index contributed by atoms with van der Waals surface area (Å²) in [5.41, 5.74) is 6.98. The summed E-state index contributed by atoms with van der Waals surface area (Å²) in [7, 11) is 0. The van der Waals surface area contributed by atoms with Crippen LogP contribution in [-0.4, -0.2) is 6.54 Å². The number of furan rings is 1. The molecule has 2 rings (SSSR count). The number of rotatable bonds is 1. The van der Waals surface area contributed by atoms with Gasteiger partial charge in [0.1, 0.15) is 5.76 Å². The van der Waals surface area contributed by atoms with Crippen LogP contribution in [0.4, 0.5) is 0 Å². The summed E-state index contributed by atoms with van der Waals surface area (Å²) in [4.78, 5) is 0. The summed E-state index contributed by atoms with van der Waals surface area (Å²) in [5.74, 6) is 1.62. The van der Waals surface area contributed by atoms with Crippen molar-refractivity contribution < 1.29 is 4.42 Å². The zero-order valence-corrected chi connectivity index (χ0v) is 6.55. The van der Waals surface area contributed by atoms with Gasteiger partial charge in [0.15, 0.2) is 0 Å². The Morgan fingerprint density at radius 2 is 2.55 bits per heavy atom. The molecule has 60 valence electrons. The van der Waals surface area contributed by atoms with Crippen molar-refractivity contribution in [3.05, 3.63) is 23.7 Å². The SMILES string of the molecule is NCC1CCCc2ccoc21. The van der Waals surface area contributed by atoms with E-state index in [0.717, 1.165) is 12.3 Å². The topological polar surface area (TPSA) is 39.2 Å². The minimum absolute atomic E-state index is 0.480. The van der Waals surface area contributed by atoms with E-state index in [4.69, 9.17) is 10.2 Å². The lowest BCUT2D eigenvalue weighted by atomic mass is 9.89. The first-order valence-corrected chi connectivity index (χ1v) is 4.18. The van der Waals surface area contributed by atoms with Crippen molar-refractivity contribution in [1.29, 1.82) is 0 Å². The van der Waals surface area contributed by atoms with E-state index in [2.05, 4.69) is 6.07 Å². The molecular formula is C9H13NO. The van der Waals surface area contributed by atoms with Crippen LogP contribution in [0, 0.1) is 0 Å². The van der Waals surface area contributed by atoms with Crippen molar-refractivity contribution in [3.8, 4) is 0 Å². The highest BCUT2D eigenvalue weighted by Gasteiger charge is 2.21. The van der Waals surface area contributed by atoms with Crippen LogP contribution < -0.4 is 5.73 Å². The lowest BCUT2D eigenvalue weighted by Gasteiger charge is -2.18. The molecule has 1 aliphatic rings. The molecule has 0 aliphatic heterocycles. The summed E-state index contributed by atoms with van der Waals surface area (Å²) in [6.07, 6.45) is 5.40. The van der Waals surface area contributed by atoms with E-state index in [1.807, 2.05) is 0 Å². The van der Waals surface area contributed by atoms with Gasteiger partial charge < -0.3 is 10.2 Å². The smallest absolute Gasteiger partial charge is 0.111 e. The Kier molecular flexibility index (Phi) is 1.70. The van der Waals surface area contributed by atoms with Crippen molar-refractivity contribution in [2.45, 2.75) is 25.2 Å². The summed E-state index contributed by atoms with van der Waals surface area (Å²) in [5, 5.41) is 0. The van der Waals surface area contributed by atoms with Gasteiger partial charge in [-0.15, -0.1) is 0 Å². The minimum Gasteiger partial charge on any atom is -0.469 e. The number of nitrogens with two attached hydrogens (primary N) is 1. The van der Waals surface area contributed by atoms with Crippen LogP contribution in [0.25, 0.3) is 0 Å². The van der Waals surface area contributed by atoms with Gasteiger partial charge in [0.05, 0.1) is 6.26 Å². The number of aryl methyl sites for hydroxylation is 1. The zero-order valence-electron chi connectivity index (χ0n) is 6.55. The number of hydrogen-bond acceptors (Lipinski definition) is 2. The highest BCUT2D eigenvalue weighted by molar-refractivity contribution is 5.23. The van der Waals surface area contributed by atoms with Crippen LogP contribution in [0.1, 0.15) is 30.1 Å². The normalized spacial score (nSPS) is 23.2. The largest absolute Gasteiger partial charge is 0.469 e. The maximum absolute atomic E-state index is 5.62. The molecular weight excluding hydrogens is 138 g/mol. The predicted octanol–water partition coefficient (Wildman–Crippen LogP) is 1.66. The van der Waals surface area contributed by atoms with Crippen LogP contribution in [-0.2, 0) is 6.42 Å². The molecule has 1 atom stereocenters. The molecule has 0 saturated heterocycles. The van der Waals surface area contributed by atoms with Gasteiger partial charge in [-0.2, -0.15) is 0 Å². The van der Waals surface area contributed by atoms with E-state index >= 15 is 0 Å². The standard InChI is InChI=1S/C9H13NO/c10-6-8-3-1-2-7-4-5-11-9(7)8/h4-5,8H,1-3,6,10H2. The van der Waals surface area contributed by atoms with Gasteiger partial charge in [-0.1, -0.05) is 0 Å². The third kappa shape index (κ3) is 1.07. The summed E-state index contributed by atoms with van der Waals surface area (Å²) in [6.45, 7) is 0.723. The van der Waals surface area contributed by atoms with Crippen molar-refractivity contribution in [2.24, 2.45) is 5.73 Å². The molecule has 0 radical (unpaired) electrons. The lowest BCUT2D eigenvalue weighted by molar-refractivity contribution is 0.420. The van der Waals surface area contributed by atoms with E-state index in [-0.39, 0.29) is 0 Å². The molecule has 1 heterocycles. The first-order chi connectivity index (χ1) is 5.42. The molecule has 1 unspecified atom stereocenters. The molecule has 0 saturated carbocycles. The molecule has 11 heavy (non-hydrogen) atoms. The van der Waals surface area contributed by atoms with Crippen molar-refractivity contribution in [2.75, 3.05) is 6.54 Å². The van der Waals surface area contributed by atoms with E-state index in [1.54, 1.807) is 6.26 Å². The summed E-state index contributed by atoms with van der Waals surface area (Å²) >= 11 is 0. The van der Waals surface area contributed by atoms with Crippen molar-refractivity contribution in [3.63, 3.8) is 0 Å². The first-order valence-electron chi connectivity index (χ1n) is 4.18. The van der Waals surface area contributed by atoms with E-state index in [1.165, 1.54) is 24.8 Å². The fraction of sp³-hybridized carbons (Fsp3) is 0.556. The molecule has 1 aromatic rings. The molecule has 0 fully saturated rings. The Hall–Kier alpha value is -0.760. The van der Waals surface area contributed by atoms with Crippen LogP contribution in [0.15, 0.2) is 16.7 Å². The van der Waals surface area contributed by atoms with Crippen molar-refractivity contribution >= 4 is 0 Å². The van der Waals surface area contributed by atoms with Gasteiger partial charge in [-0.3, -0.25) is 0 Å². The molecule has 2 nitrogen and oxygen atoms in total. The zero-order chi connectivity index (χ0) is 7.68. The van der Waals surface area contributed by atoms with E-state index in [0.29, 0.717) is 5.92 Å². The highest BCUT2D eigenvalue weighted by atomic mass is 16.3. The quantitative estimate of drug-likeness (QED) is 0.663. The Balaban J connectivity index is 2.32. The number of fused-ring (bicyclic) bond motifs is 1. The van der Waals surface area contributed by atoms with Crippen LogP contribution in [0.2, 0.25) is 0 Å². The predicted molar refractivity (Wildman–Crippen MR) is 43.4 cm³/mol. The second-order valence-electron chi connectivity index (χ2n) is 3.13. The van der Waals surface area contributed by atoms with Gasteiger partial charge in [0.2, 0.25) is 0 Å². The van der Waals surface area contributed by atoms with Crippen LogP contribution >= 0.6 is 0 Å². The molecule has 0 bridgehead atoms. The second kappa shape index (κ2) is 2.70. The van der Waals surface area contributed by atoms with Gasteiger partial charge in [-0.25, -0.2) is 0 Å². The Morgan fingerprint density at radius 3 is 3.36 bits per heavy atom. The van der Waals surface area contributed by atoms with Crippen molar-refractivity contribution in [1.82, 2.24) is 0 Å². The fourth-order valence-electron chi connectivity index (χ4n) is 1.81. The average Bonchev–Trinajstić information content (AvgIpc) is 2.50. The Bertz CT molecular complexity index is 241.